The Hall–Kier alpha value is -2.29. The average molecular weight is 416 g/mol. The summed E-state index contributed by atoms with van der Waals surface area (Å²) in [7, 11) is -2.32. The zero-order chi connectivity index (χ0) is 21.3. The van der Waals surface area contributed by atoms with Crippen LogP contribution in [-0.2, 0) is 31.0 Å². The van der Waals surface area contributed by atoms with E-state index >= 15 is 0 Å². The normalized spacial score (nSPS) is 11.2. The number of carbonyl (C=O) groups is 2. The Morgan fingerprint density at radius 2 is 1.82 bits per heavy atom. The predicted octanol–water partition coefficient (Wildman–Crippen LogP) is 2.36. The molecular weight excluding hydrogens is 386 g/mol. The van der Waals surface area contributed by atoms with Gasteiger partial charge in [-0.05, 0) is 30.5 Å². The molecule has 1 aromatic carbocycles. The summed E-state index contributed by atoms with van der Waals surface area (Å²) in [6, 6.07) is 4.86. The topological polar surface area (TPSA) is 99.2 Å². The number of nitrogens with zero attached hydrogens (tertiary/aromatic N) is 1. The van der Waals surface area contributed by atoms with E-state index in [2.05, 4.69) is 0 Å². The van der Waals surface area contributed by atoms with Gasteiger partial charge in [-0.2, -0.15) is 8.42 Å². The molecule has 0 fully saturated rings. The Bertz CT molecular complexity index is 774. The zero-order valence-corrected chi connectivity index (χ0v) is 17.9. The smallest absolute Gasteiger partial charge is 0.306 e. The maximum atomic E-state index is 12.6. The van der Waals surface area contributed by atoms with Crippen LogP contribution in [-0.4, -0.2) is 51.7 Å². The van der Waals surface area contributed by atoms with E-state index in [9.17, 15) is 18.0 Å². The van der Waals surface area contributed by atoms with Crippen molar-refractivity contribution in [3.63, 3.8) is 0 Å². The van der Waals surface area contributed by atoms with Gasteiger partial charge in [-0.25, -0.2) is 0 Å². The summed E-state index contributed by atoms with van der Waals surface area (Å²) in [4.78, 5) is 25.7. The molecule has 0 saturated carbocycles. The average Bonchev–Trinajstić information content (AvgIpc) is 2.58. The van der Waals surface area contributed by atoms with Crippen molar-refractivity contribution < 1.29 is 31.7 Å². The molecule has 0 aliphatic rings. The van der Waals surface area contributed by atoms with Gasteiger partial charge in [0.1, 0.15) is 0 Å². The first-order valence-electron chi connectivity index (χ1n) is 9.05. The van der Waals surface area contributed by atoms with Crippen molar-refractivity contribution >= 4 is 22.0 Å². The molecule has 9 heteroatoms. The summed E-state index contributed by atoms with van der Waals surface area (Å²) < 4.78 is 37.9. The number of hydrogen-bond donors (Lipinski definition) is 0. The highest BCUT2D eigenvalue weighted by atomic mass is 32.2. The van der Waals surface area contributed by atoms with E-state index in [-0.39, 0.29) is 49.3 Å². The highest BCUT2D eigenvalue weighted by Gasteiger charge is 2.19. The lowest BCUT2D eigenvalue weighted by Gasteiger charge is -2.25. The summed E-state index contributed by atoms with van der Waals surface area (Å²) in [6.07, 6.45) is 1.02. The summed E-state index contributed by atoms with van der Waals surface area (Å²) in [5.74, 6) is -0.0301. The quantitative estimate of drug-likeness (QED) is 0.404. The van der Waals surface area contributed by atoms with Crippen molar-refractivity contribution in [1.29, 1.82) is 0 Å². The molecule has 28 heavy (non-hydrogen) atoms. The maximum Gasteiger partial charge on any atom is 0.306 e. The molecule has 0 heterocycles. The fraction of sp³-hybridized carbons (Fsp3) is 0.579. The molecule has 0 aliphatic carbocycles. The molecule has 0 atom stereocenters. The van der Waals surface area contributed by atoms with Gasteiger partial charge >= 0.3 is 16.1 Å². The van der Waals surface area contributed by atoms with Gasteiger partial charge in [0.15, 0.2) is 11.5 Å². The van der Waals surface area contributed by atoms with Crippen molar-refractivity contribution in [2.75, 3.05) is 26.5 Å². The molecule has 1 amide bonds. The SMILES string of the molecule is CCOC(=O)CCC(=O)N(Cc1ccc(OC)c(OS(C)(=O)=O)c1)CC(C)C. The maximum absolute atomic E-state index is 12.6. The van der Waals surface area contributed by atoms with E-state index in [1.54, 1.807) is 24.0 Å². The monoisotopic (exact) mass is 415 g/mol. The third kappa shape index (κ3) is 8.60. The number of benzene rings is 1. The molecule has 0 spiro atoms. The van der Waals surface area contributed by atoms with Crippen LogP contribution in [0.4, 0.5) is 0 Å². The Kier molecular flexibility index (Phi) is 9.24. The molecule has 1 aromatic rings. The summed E-state index contributed by atoms with van der Waals surface area (Å²) in [6.45, 7) is 6.71. The number of esters is 1. The van der Waals surface area contributed by atoms with Gasteiger partial charge in [-0.1, -0.05) is 19.9 Å². The molecule has 158 valence electrons. The standard InChI is InChI=1S/C19H29NO7S/c1-6-26-19(22)10-9-18(21)20(12-14(2)3)13-15-7-8-16(25-4)17(11-15)27-28(5,23)24/h7-8,11,14H,6,9-10,12-13H2,1-5H3. The van der Waals surface area contributed by atoms with E-state index in [0.717, 1.165) is 6.26 Å². The number of ether oxygens (including phenoxy) is 2. The molecule has 0 aromatic heterocycles. The van der Waals surface area contributed by atoms with Crippen molar-refractivity contribution in [2.24, 2.45) is 5.92 Å². The van der Waals surface area contributed by atoms with Gasteiger partial charge in [0.05, 0.1) is 26.4 Å². The summed E-state index contributed by atoms with van der Waals surface area (Å²) >= 11 is 0. The van der Waals surface area contributed by atoms with Crippen LogP contribution in [0, 0.1) is 5.92 Å². The molecule has 0 saturated heterocycles. The fourth-order valence-corrected chi connectivity index (χ4v) is 3.02. The van der Waals surface area contributed by atoms with Crippen molar-refractivity contribution in [3.8, 4) is 11.5 Å². The Labute approximate surface area is 166 Å². The number of carbonyl (C=O) groups excluding carboxylic acids is 2. The van der Waals surface area contributed by atoms with Gasteiger partial charge in [0, 0.05) is 19.5 Å². The van der Waals surface area contributed by atoms with Gasteiger partial charge in [-0.3, -0.25) is 9.59 Å². The molecule has 8 nitrogen and oxygen atoms in total. The highest BCUT2D eigenvalue weighted by molar-refractivity contribution is 7.86. The second-order valence-corrected chi connectivity index (χ2v) is 8.32. The van der Waals surface area contributed by atoms with E-state index in [1.165, 1.54) is 13.2 Å². The molecular formula is C19H29NO7S. The Morgan fingerprint density at radius 3 is 2.36 bits per heavy atom. The van der Waals surface area contributed by atoms with E-state index in [0.29, 0.717) is 12.1 Å². The third-order valence-corrected chi connectivity index (χ3v) is 4.11. The first kappa shape index (κ1) is 23.7. The van der Waals surface area contributed by atoms with Crippen molar-refractivity contribution in [2.45, 2.75) is 40.2 Å². The minimum Gasteiger partial charge on any atom is -0.493 e. The molecule has 0 radical (unpaired) electrons. The van der Waals surface area contributed by atoms with Crippen LogP contribution in [0.1, 0.15) is 39.2 Å². The molecule has 0 bridgehead atoms. The van der Waals surface area contributed by atoms with E-state index < -0.39 is 16.1 Å². The van der Waals surface area contributed by atoms with Crippen LogP contribution in [0.2, 0.25) is 0 Å². The lowest BCUT2D eigenvalue weighted by Crippen LogP contribution is -2.34. The lowest BCUT2D eigenvalue weighted by atomic mass is 10.1. The summed E-state index contributed by atoms with van der Waals surface area (Å²) in [5.41, 5.74) is 0.685. The van der Waals surface area contributed by atoms with E-state index in [4.69, 9.17) is 13.7 Å². The van der Waals surface area contributed by atoms with Gasteiger partial charge < -0.3 is 18.6 Å². The van der Waals surface area contributed by atoms with Crippen molar-refractivity contribution in [1.82, 2.24) is 4.90 Å². The first-order chi connectivity index (χ1) is 13.1. The predicted molar refractivity (Wildman–Crippen MR) is 105 cm³/mol. The van der Waals surface area contributed by atoms with Crippen LogP contribution in [0.3, 0.4) is 0 Å². The minimum absolute atomic E-state index is 0.0202. The van der Waals surface area contributed by atoms with Crippen LogP contribution in [0.5, 0.6) is 11.5 Å². The van der Waals surface area contributed by atoms with Crippen LogP contribution in [0.15, 0.2) is 18.2 Å². The number of rotatable bonds is 11. The van der Waals surface area contributed by atoms with Crippen LogP contribution >= 0.6 is 0 Å². The second kappa shape index (κ2) is 10.9. The minimum atomic E-state index is -3.73. The lowest BCUT2D eigenvalue weighted by molar-refractivity contribution is -0.145. The number of methoxy groups -OCH3 is 1. The zero-order valence-electron chi connectivity index (χ0n) is 17.1. The fourth-order valence-electron chi connectivity index (χ4n) is 2.56. The van der Waals surface area contributed by atoms with Gasteiger partial charge in [-0.15, -0.1) is 0 Å². The van der Waals surface area contributed by atoms with Gasteiger partial charge in [0.25, 0.3) is 0 Å². The first-order valence-corrected chi connectivity index (χ1v) is 10.9. The largest absolute Gasteiger partial charge is 0.493 e. The molecule has 0 aliphatic heterocycles. The van der Waals surface area contributed by atoms with Crippen LogP contribution < -0.4 is 8.92 Å². The van der Waals surface area contributed by atoms with Crippen LogP contribution in [0.25, 0.3) is 0 Å². The molecule has 0 N–H and O–H groups in total. The van der Waals surface area contributed by atoms with Crippen molar-refractivity contribution in [3.05, 3.63) is 23.8 Å². The Balaban J connectivity index is 2.97. The summed E-state index contributed by atoms with van der Waals surface area (Å²) in [5, 5.41) is 0. The van der Waals surface area contributed by atoms with E-state index in [1.807, 2.05) is 13.8 Å². The number of hydrogen-bond acceptors (Lipinski definition) is 7. The molecule has 0 unspecified atom stereocenters. The third-order valence-electron chi connectivity index (χ3n) is 3.63. The van der Waals surface area contributed by atoms with Gasteiger partial charge in [0.2, 0.25) is 5.91 Å². The highest BCUT2D eigenvalue weighted by Crippen LogP contribution is 2.29. The number of amides is 1. The molecule has 1 rings (SSSR count). The second-order valence-electron chi connectivity index (χ2n) is 6.75. The Morgan fingerprint density at radius 1 is 1.14 bits per heavy atom.